The maximum atomic E-state index is 11.2. The number of rotatable bonds is 5. The zero-order chi connectivity index (χ0) is 15.2. The SMILES string of the molecule is C=COC(=O)Nc1ccc(/N=N/S(=O)(=O)O)cc1OC. The topological polar surface area (TPSA) is 127 Å². The molecule has 1 aromatic rings. The molecule has 0 atom stereocenters. The van der Waals surface area contributed by atoms with Crippen molar-refractivity contribution in [3.63, 3.8) is 0 Å². The highest BCUT2D eigenvalue weighted by atomic mass is 32.2. The average molecular weight is 301 g/mol. The Morgan fingerprint density at radius 1 is 1.50 bits per heavy atom. The second kappa shape index (κ2) is 6.63. The van der Waals surface area contributed by atoms with Crippen LogP contribution in [-0.2, 0) is 15.0 Å². The molecular weight excluding hydrogens is 290 g/mol. The van der Waals surface area contributed by atoms with Crippen LogP contribution in [0.3, 0.4) is 0 Å². The molecule has 1 amide bonds. The summed E-state index contributed by atoms with van der Waals surface area (Å²) in [6.45, 7) is 3.22. The van der Waals surface area contributed by atoms with E-state index in [-0.39, 0.29) is 17.1 Å². The molecule has 0 aliphatic rings. The third-order valence-electron chi connectivity index (χ3n) is 1.87. The van der Waals surface area contributed by atoms with Gasteiger partial charge in [-0.3, -0.25) is 9.87 Å². The average Bonchev–Trinajstić information content (AvgIpc) is 2.37. The molecule has 2 N–H and O–H groups in total. The molecule has 0 saturated carbocycles. The summed E-state index contributed by atoms with van der Waals surface area (Å²) >= 11 is 0. The number of nitrogens with one attached hydrogen (secondary N) is 1. The first kappa shape index (κ1) is 15.6. The lowest BCUT2D eigenvalue weighted by molar-refractivity contribution is 0.201. The number of nitrogens with zero attached hydrogens (tertiary/aromatic N) is 2. The van der Waals surface area contributed by atoms with Gasteiger partial charge in [-0.1, -0.05) is 6.58 Å². The summed E-state index contributed by atoms with van der Waals surface area (Å²) < 4.78 is 41.4. The van der Waals surface area contributed by atoms with Gasteiger partial charge in [-0.15, -0.1) is 5.11 Å². The molecule has 0 radical (unpaired) electrons. The minimum atomic E-state index is -4.56. The molecule has 0 fully saturated rings. The fraction of sp³-hybridized carbons (Fsp3) is 0.100. The molecule has 10 heteroatoms. The van der Waals surface area contributed by atoms with E-state index < -0.39 is 16.4 Å². The van der Waals surface area contributed by atoms with Crippen molar-refractivity contribution in [1.82, 2.24) is 0 Å². The van der Waals surface area contributed by atoms with Gasteiger partial charge in [0.05, 0.1) is 24.7 Å². The second-order valence-corrected chi connectivity index (χ2v) is 4.27. The molecule has 0 saturated heterocycles. The molecule has 108 valence electrons. The number of amides is 1. The Hall–Kier alpha value is -2.46. The van der Waals surface area contributed by atoms with Gasteiger partial charge in [0.2, 0.25) is 0 Å². The Labute approximate surface area is 114 Å². The zero-order valence-corrected chi connectivity index (χ0v) is 11.1. The third kappa shape index (κ3) is 5.04. The molecule has 0 bridgehead atoms. The number of ether oxygens (including phenoxy) is 2. The lowest BCUT2D eigenvalue weighted by atomic mass is 10.2. The van der Waals surface area contributed by atoms with Gasteiger partial charge in [0.25, 0.3) is 0 Å². The van der Waals surface area contributed by atoms with E-state index in [1.54, 1.807) is 0 Å². The van der Waals surface area contributed by atoms with Gasteiger partial charge in [0.15, 0.2) is 0 Å². The molecule has 20 heavy (non-hydrogen) atoms. The summed E-state index contributed by atoms with van der Waals surface area (Å²) in [5.41, 5.74) is 0.368. The molecule has 0 aliphatic carbocycles. The van der Waals surface area contributed by atoms with Crippen molar-refractivity contribution >= 4 is 27.8 Å². The van der Waals surface area contributed by atoms with Crippen LogP contribution >= 0.6 is 0 Å². The third-order valence-corrected chi connectivity index (χ3v) is 2.16. The normalized spacial score (nSPS) is 11.1. The summed E-state index contributed by atoms with van der Waals surface area (Å²) in [7, 11) is -3.23. The highest BCUT2D eigenvalue weighted by molar-refractivity contribution is 7.84. The minimum Gasteiger partial charge on any atom is -0.494 e. The summed E-state index contributed by atoms with van der Waals surface area (Å²) in [6, 6.07) is 4.04. The van der Waals surface area contributed by atoms with E-state index in [1.807, 2.05) is 0 Å². The van der Waals surface area contributed by atoms with Crippen LogP contribution in [0.2, 0.25) is 0 Å². The summed E-state index contributed by atoms with van der Waals surface area (Å²) in [6.07, 6.45) is 0.182. The molecule has 9 nitrogen and oxygen atoms in total. The number of carbonyl (C=O) groups is 1. The van der Waals surface area contributed by atoms with Crippen LogP contribution in [0.15, 0.2) is 40.7 Å². The van der Waals surface area contributed by atoms with Crippen molar-refractivity contribution in [3.8, 4) is 5.75 Å². The Kier molecular flexibility index (Phi) is 5.17. The molecule has 1 aromatic carbocycles. The number of carbonyl (C=O) groups excluding carboxylic acids is 1. The van der Waals surface area contributed by atoms with Crippen molar-refractivity contribution in [2.24, 2.45) is 9.63 Å². The van der Waals surface area contributed by atoms with E-state index >= 15 is 0 Å². The van der Waals surface area contributed by atoms with E-state index in [9.17, 15) is 13.2 Å². The van der Waals surface area contributed by atoms with E-state index in [1.165, 1.54) is 25.3 Å². The molecule has 1 rings (SSSR count). The number of anilines is 1. The van der Waals surface area contributed by atoms with Crippen LogP contribution in [0.1, 0.15) is 0 Å². The fourth-order valence-electron chi connectivity index (χ4n) is 1.16. The molecule has 0 spiro atoms. The van der Waals surface area contributed by atoms with Crippen molar-refractivity contribution in [2.45, 2.75) is 0 Å². The summed E-state index contributed by atoms with van der Waals surface area (Å²) in [4.78, 5) is 11.2. The summed E-state index contributed by atoms with van der Waals surface area (Å²) in [5.74, 6) is 0.192. The number of methoxy groups -OCH3 is 1. The lowest BCUT2D eigenvalue weighted by Gasteiger charge is -2.09. The van der Waals surface area contributed by atoms with Gasteiger partial charge in [-0.25, -0.2) is 4.79 Å². The predicted molar refractivity (Wildman–Crippen MR) is 69.4 cm³/mol. The van der Waals surface area contributed by atoms with Crippen molar-refractivity contribution in [1.29, 1.82) is 0 Å². The van der Waals surface area contributed by atoms with Gasteiger partial charge in [-0.05, 0) is 16.7 Å². The maximum Gasteiger partial charge on any atom is 0.416 e. The summed E-state index contributed by atoms with van der Waals surface area (Å²) in [5, 5.41) is 5.65. The first-order valence-corrected chi connectivity index (χ1v) is 6.42. The van der Waals surface area contributed by atoms with Crippen molar-refractivity contribution in [2.75, 3.05) is 12.4 Å². The lowest BCUT2D eigenvalue weighted by Crippen LogP contribution is -2.11. The Bertz CT molecular complexity index is 640. The standard InChI is InChI=1S/C10H11N3O6S/c1-3-19-10(14)11-8-5-4-7(6-9(8)18-2)12-13-20(15,16)17/h3-6H,1H2,2H3,(H,11,14)(H,15,16,17)/b13-12+. The van der Waals surface area contributed by atoms with E-state index in [4.69, 9.17) is 9.29 Å². The Morgan fingerprint density at radius 3 is 2.75 bits per heavy atom. The van der Waals surface area contributed by atoms with E-state index in [0.29, 0.717) is 0 Å². The monoisotopic (exact) mass is 301 g/mol. The fourth-order valence-corrected chi connectivity index (χ4v) is 1.36. The highest BCUT2D eigenvalue weighted by Crippen LogP contribution is 2.29. The molecular formula is C10H11N3O6S. The van der Waals surface area contributed by atoms with Crippen LogP contribution in [0.4, 0.5) is 16.2 Å². The molecule has 0 unspecified atom stereocenters. The van der Waals surface area contributed by atoms with Gasteiger partial charge in [0.1, 0.15) is 5.75 Å². The largest absolute Gasteiger partial charge is 0.494 e. The Morgan fingerprint density at radius 2 is 2.20 bits per heavy atom. The minimum absolute atomic E-state index is 0.0992. The van der Waals surface area contributed by atoms with Crippen molar-refractivity contribution < 1.29 is 27.2 Å². The number of hydrogen-bond acceptors (Lipinski definition) is 6. The van der Waals surface area contributed by atoms with Gasteiger partial charge in [-0.2, -0.15) is 8.42 Å². The van der Waals surface area contributed by atoms with Crippen LogP contribution in [0, 0.1) is 0 Å². The maximum absolute atomic E-state index is 11.2. The quantitative estimate of drug-likeness (QED) is 0.488. The first-order chi connectivity index (χ1) is 9.35. The van der Waals surface area contributed by atoms with Crippen LogP contribution in [-0.4, -0.2) is 26.2 Å². The smallest absolute Gasteiger partial charge is 0.416 e. The molecule has 0 aromatic heterocycles. The van der Waals surface area contributed by atoms with E-state index in [0.717, 1.165) is 6.26 Å². The van der Waals surface area contributed by atoms with Gasteiger partial charge >= 0.3 is 16.4 Å². The van der Waals surface area contributed by atoms with Crippen LogP contribution in [0.25, 0.3) is 0 Å². The van der Waals surface area contributed by atoms with Crippen LogP contribution < -0.4 is 10.1 Å². The molecule has 0 aliphatic heterocycles. The number of hydrogen-bond donors (Lipinski definition) is 2. The second-order valence-electron chi connectivity index (χ2n) is 3.21. The zero-order valence-electron chi connectivity index (χ0n) is 10.3. The first-order valence-electron chi connectivity index (χ1n) is 5.02. The molecule has 0 heterocycles. The van der Waals surface area contributed by atoms with Crippen molar-refractivity contribution in [3.05, 3.63) is 31.0 Å². The van der Waals surface area contributed by atoms with Gasteiger partial charge in [0, 0.05) is 6.07 Å². The highest BCUT2D eigenvalue weighted by Gasteiger charge is 2.09. The van der Waals surface area contributed by atoms with Gasteiger partial charge < -0.3 is 9.47 Å². The predicted octanol–water partition coefficient (Wildman–Crippen LogP) is 2.27. The Balaban J connectivity index is 2.99. The number of benzene rings is 1. The van der Waals surface area contributed by atoms with E-state index in [2.05, 4.69) is 26.3 Å². The van der Waals surface area contributed by atoms with Crippen LogP contribution in [0.5, 0.6) is 5.75 Å².